The average Bonchev–Trinajstić information content (AvgIpc) is 3.95. The van der Waals surface area contributed by atoms with Gasteiger partial charge in [-0.2, -0.15) is 0 Å². The van der Waals surface area contributed by atoms with E-state index in [0.29, 0.717) is 23.3 Å². The third-order valence-electron chi connectivity index (χ3n) is 20.9. The van der Waals surface area contributed by atoms with Crippen molar-refractivity contribution in [2.75, 3.05) is 6.61 Å². The minimum absolute atomic E-state index is 0.0271. The van der Waals surface area contributed by atoms with Crippen molar-refractivity contribution in [3.8, 4) is 0 Å². The van der Waals surface area contributed by atoms with Crippen LogP contribution in [0.2, 0.25) is 0 Å². The van der Waals surface area contributed by atoms with Gasteiger partial charge in [0.25, 0.3) is 0 Å². The van der Waals surface area contributed by atoms with Gasteiger partial charge in [-0.25, -0.2) is 0 Å². The van der Waals surface area contributed by atoms with Crippen molar-refractivity contribution < 1.29 is 51.6 Å². The second-order valence-corrected chi connectivity index (χ2v) is 25.6. The molecule has 0 aromatic rings. The Labute approximate surface area is 410 Å². The maximum absolute atomic E-state index is 14.3. The van der Waals surface area contributed by atoms with Crippen LogP contribution in [0.1, 0.15) is 153 Å². The molecule has 0 aromatic carbocycles. The molecule has 6 saturated carbocycles. The molecule has 4 bridgehead atoms. The SMILES string of the molecule is CC1=C[C@@H]2C(=O)[C@]3(C=C(C)[C@H](OC(=O)C4(C)CCCCC4)[C@H]3[C@@H]1O)[C@H](C)C[C@@H]1[C@H]2C1(C)C.CC1=C[C@]23C(=O)[C@@H](C=C(CO)[C@@H](O)[C@@H]2[C@H]1OC(=O)C1(C)CCCCC1)[C@H]1[C@@H](C[C@H]3C)C1(C)C.O=[Se]=O. The van der Waals surface area contributed by atoms with E-state index in [1.165, 1.54) is 6.42 Å². The summed E-state index contributed by atoms with van der Waals surface area (Å²) >= 11 is -1.62. The third-order valence-corrected chi connectivity index (χ3v) is 20.9. The number of carbonyl (C=O) groups is 4. The number of hydrogen-bond acceptors (Lipinski definition) is 11. The normalized spacial score (nSPS) is 43.7. The number of rotatable bonds is 5. The number of ketones is 2. The molecule has 6 fully saturated rings. The minimum atomic E-state index is -1.62. The molecule has 0 aromatic heterocycles. The Bertz CT molecular complexity index is 2230. The quantitative estimate of drug-likeness (QED) is 0.136. The molecule has 0 heterocycles. The van der Waals surface area contributed by atoms with Crippen LogP contribution < -0.4 is 0 Å². The van der Waals surface area contributed by atoms with Crippen LogP contribution in [0.15, 0.2) is 46.6 Å². The number of fused-ring (bicyclic) bond motifs is 6. The van der Waals surface area contributed by atoms with Crippen molar-refractivity contribution in [1.29, 1.82) is 0 Å². The number of hydrogen-bond donors (Lipinski definition) is 3. The average molecular weight is 1010 g/mol. The Morgan fingerprint density at radius 1 is 0.603 bits per heavy atom. The van der Waals surface area contributed by atoms with Gasteiger partial charge in [-0.05, 0) is 142 Å². The molecule has 10 aliphatic carbocycles. The number of aliphatic hydroxyl groups is 3. The molecule has 11 nitrogen and oxygen atoms in total. The fourth-order valence-corrected chi connectivity index (χ4v) is 16.5. The Kier molecular flexibility index (Phi) is 13.7. The van der Waals surface area contributed by atoms with E-state index in [2.05, 4.69) is 53.7 Å². The summed E-state index contributed by atoms with van der Waals surface area (Å²) in [6.07, 6.45) is 16.8. The van der Waals surface area contributed by atoms with Crippen LogP contribution in [0.5, 0.6) is 0 Å². The van der Waals surface area contributed by atoms with E-state index < -0.39 is 72.7 Å². The molecule has 376 valence electrons. The maximum atomic E-state index is 14.3. The standard InChI is InChI=1S/C28H40O5.C28H40O4.O2Se/c1-15-13-28-16(2)11-19-20(26(19,3)4)18(24(28)31)12-17(14-29)22(30)21(28)23(15)33-25(32)27(5)9-7-6-8-10-27;1-15-12-18-20-19(26(20,4)5)13-17(3)28(24(18)30)14-16(2)23(21(28)22(15)29)32-25(31)27(6)10-8-7-9-11-27;1-3-2/h12-13,16,18-23,29-30H,6-11,14H2,1-5H3;12,14,17-23,29H,7-11,13H2,1-6H3;/t16-,18+,19-,20+,21-,22-,23+,28-;17-,18+,19-,20+,21-,22-,23+,28-;/m11./s1. The number of allylic oxidation sites excluding steroid dienone is 4. The van der Waals surface area contributed by atoms with Crippen LogP contribution in [-0.4, -0.2) is 84.7 Å². The Morgan fingerprint density at radius 2 is 0.971 bits per heavy atom. The molecule has 3 N–H and O–H groups in total. The first-order chi connectivity index (χ1) is 31.8. The number of carbonyl (C=O) groups excluding carboxylic acids is 4. The van der Waals surface area contributed by atoms with Crippen molar-refractivity contribution in [2.24, 2.45) is 91.7 Å². The molecule has 16 atom stereocenters. The van der Waals surface area contributed by atoms with Gasteiger partial charge in [0, 0.05) is 23.7 Å². The molecule has 0 saturated heterocycles. The van der Waals surface area contributed by atoms with Crippen molar-refractivity contribution in [2.45, 2.75) is 178 Å². The van der Waals surface area contributed by atoms with Gasteiger partial charge in [0.05, 0.1) is 40.5 Å². The molecule has 12 heteroatoms. The van der Waals surface area contributed by atoms with Crippen molar-refractivity contribution >= 4 is 38.3 Å². The summed E-state index contributed by atoms with van der Waals surface area (Å²) in [5, 5.41) is 33.3. The van der Waals surface area contributed by atoms with E-state index in [4.69, 9.17) is 17.1 Å². The summed E-state index contributed by atoms with van der Waals surface area (Å²) in [6, 6.07) is 0. The van der Waals surface area contributed by atoms with Crippen LogP contribution in [0.3, 0.4) is 0 Å². The first-order valence-corrected chi connectivity index (χ1v) is 27.4. The Hall–Kier alpha value is -2.76. The molecule has 10 aliphatic rings. The Balaban J connectivity index is 0.000000174. The number of aliphatic hydroxyl groups excluding tert-OH is 3. The van der Waals surface area contributed by atoms with Gasteiger partial charge < -0.3 is 24.8 Å². The van der Waals surface area contributed by atoms with Gasteiger partial charge in [0.15, 0.2) is 11.6 Å². The van der Waals surface area contributed by atoms with Crippen LogP contribution >= 0.6 is 0 Å². The summed E-state index contributed by atoms with van der Waals surface area (Å²) in [5.41, 5.74) is 0.809. The van der Waals surface area contributed by atoms with E-state index in [1.807, 2.05) is 46.8 Å². The van der Waals surface area contributed by atoms with E-state index in [1.54, 1.807) is 0 Å². The van der Waals surface area contributed by atoms with Crippen LogP contribution in [-0.2, 0) is 36.3 Å². The monoisotopic (exact) mass is 1010 g/mol. The zero-order chi connectivity index (χ0) is 49.8. The van der Waals surface area contributed by atoms with E-state index in [0.717, 1.165) is 87.3 Å². The van der Waals surface area contributed by atoms with Gasteiger partial charge in [0.2, 0.25) is 0 Å². The number of Topliss-reactive ketones (excluding diaryl/α,β-unsaturated/α-hetero) is 2. The molecular weight excluding hydrogens is 928 g/mol. The molecule has 0 radical (unpaired) electrons. The summed E-state index contributed by atoms with van der Waals surface area (Å²) in [6.45, 7) is 22.9. The summed E-state index contributed by atoms with van der Waals surface area (Å²) < 4.78 is 29.4. The van der Waals surface area contributed by atoms with Crippen molar-refractivity contribution in [3.05, 3.63) is 46.6 Å². The third kappa shape index (κ3) is 7.80. The van der Waals surface area contributed by atoms with E-state index in [-0.39, 0.29) is 70.5 Å². The topological polar surface area (TPSA) is 182 Å². The fraction of sp³-hybridized carbons (Fsp3) is 0.786. The predicted molar refractivity (Wildman–Crippen MR) is 256 cm³/mol. The number of esters is 2. The first kappa shape index (κ1) is 51.6. The fourth-order valence-electron chi connectivity index (χ4n) is 16.5. The predicted octanol–water partition coefficient (Wildman–Crippen LogP) is 8.85. The van der Waals surface area contributed by atoms with E-state index in [9.17, 15) is 34.5 Å². The van der Waals surface area contributed by atoms with Gasteiger partial charge in [0.1, 0.15) is 12.2 Å². The number of ether oxygens (including phenoxy) is 2. The molecule has 10 rings (SSSR count). The molecule has 0 amide bonds. The molecule has 2 spiro atoms. The molecule has 0 unspecified atom stereocenters. The van der Waals surface area contributed by atoms with Gasteiger partial charge in [-0.1, -0.05) is 104 Å². The zero-order valence-corrected chi connectivity index (χ0v) is 44.3. The summed E-state index contributed by atoms with van der Waals surface area (Å²) in [5.74, 6) is 0.223. The molecule has 68 heavy (non-hydrogen) atoms. The van der Waals surface area contributed by atoms with Gasteiger partial charge in [-0.15, -0.1) is 0 Å². The second kappa shape index (κ2) is 18.1. The van der Waals surface area contributed by atoms with Crippen molar-refractivity contribution in [1.82, 2.24) is 0 Å². The first-order valence-electron chi connectivity index (χ1n) is 26.0. The van der Waals surface area contributed by atoms with Crippen LogP contribution in [0.25, 0.3) is 0 Å². The molecule has 0 aliphatic heterocycles. The van der Waals surface area contributed by atoms with Crippen LogP contribution in [0.4, 0.5) is 0 Å². The van der Waals surface area contributed by atoms with Crippen LogP contribution in [0, 0.1) is 91.7 Å². The Morgan fingerprint density at radius 3 is 1.35 bits per heavy atom. The molecular formula is C56H80O11Se. The van der Waals surface area contributed by atoms with Crippen molar-refractivity contribution in [3.63, 3.8) is 0 Å². The van der Waals surface area contributed by atoms with Gasteiger partial charge >= 0.3 is 34.4 Å². The summed E-state index contributed by atoms with van der Waals surface area (Å²) in [4.78, 5) is 55.4. The van der Waals surface area contributed by atoms with Gasteiger partial charge in [-0.3, -0.25) is 19.2 Å². The van der Waals surface area contributed by atoms with E-state index >= 15 is 0 Å². The summed E-state index contributed by atoms with van der Waals surface area (Å²) in [7, 11) is 0. The second-order valence-electron chi connectivity index (χ2n) is 25.3. The zero-order valence-electron chi connectivity index (χ0n) is 42.6.